The van der Waals surface area contributed by atoms with Gasteiger partial charge in [-0.2, -0.15) is 5.10 Å². The van der Waals surface area contributed by atoms with Crippen LogP contribution in [0.15, 0.2) is 47.1 Å². The number of carbonyl (C=O) groups is 2. The van der Waals surface area contributed by atoms with E-state index in [1.54, 1.807) is 23.7 Å². The fourth-order valence-electron chi connectivity index (χ4n) is 2.72. The zero-order valence-corrected chi connectivity index (χ0v) is 16.4. The van der Waals surface area contributed by atoms with E-state index in [2.05, 4.69) is 15.7 Å². The Labute approximate surface area is 167 Å². The summed E-state index contributed by atoms with van der Waals surface area (Å²) in [4.78, 5) is 24.3. The van der Waals surface area contributed by atoms with E-state index < -0.39 is 0 Å². The van der Waals surface area contributed by atoms with Gasteiger partial charge in [-0.1, -0.05) is 41.4 Å². The van der Waals surface area contributed by atoms with Crippen molar-refractivity contribution in [2.45, 2.75) is 20.4 Å². The molecule has 2 heterocycles. The number of benzene rings is 1. The summed E-state index contributed by atoms with van der Waals surface area (Å²) < 4.78 is 6.61. The molecule has 0 unspecified atom stereocenters. The maximum Gasteiger partial charge on any atom is 0.287 e. The van der Waals surface area contributed by atoms with Crippen LogP contribution in [0.25, 0.3) is 0 Å². The highest BCUT2D eigenvalue weighted by Gasteiger charge is 2.20. The molecule has 1 aromatic carbocycles. The number of nitrogens with zero attached hydrogens (tertiary/aromatic N) is 2. The summed E-state index contributed by atoms with van der Waals surface area (Å²) in [5.41, 5.74) is 3.11. The first-order chi connectivity index (χ1) is 13.5. The normalized spacial score (nSPS) is 10.7. The van der Waals surface area contributed by atoms with E-state index in [4.69, 9.17) is 16.0 Å². The summed E-state index contributed by atoms with van der Waals surface area (Å²) in [6.45, 7) is 4.76. The van der Waals surface area contributed by atoms with E-state index in [9.17, 15) is 9.59 Å². The molecule has 0 atom stereocenters. The second kappa shape index (κ2) is 8.75. The van der Waals surface area contributed by atoms with Gasteiger partial charge in [0.05, 0.1) is 24.1 Å². The Hall–Kier alpha value is -3.06. The molecule has 0 fully saturated rings. The lowest BCUT2D eigenvalue weighted by atomic mass is 10.1. The number of hydrogen-bond acceptors (Lipinski definition) is 4. The molecule has 0 radical (unpaired) electrons. The lowest BCUT2D eigenvalue weighted by Crippen LogP contribution is -2.34. The molecule has 0 aliphatic heterocycles. The molecule has 0 saturated heterocycles. The first-order valence-corrected chi connectivity index (χ1v) is 9.22. The van der Waals surface area contributed by atoms with Crippen LogP contribution in [0.1, 0.15) is 37.7 Å². The first-order valence-electron chi connectivity index (χ1n) is 8.84. The zero-order chi connectivity index (χ0) is 20.1. The third-order valence-corrected chi connectivity index (χ3v) is 4.57. The highest BCUT2D eigenvalue weighted by atomic mass is 35.5. The van der Waals surface area contributed by atoms with Gasteiger partial charge in [0.2, 0.25) is 0 Å². The Balaban J connectivity index is 1.56. The van der Waals surface area contributed by atoms with Crippen molar-refractivity contribution in [1.82, 2.24) is 20.4 Å². The van der Waals surface area contributed by atoms with Gasteiger partial charge in [-0.15, -0.1) is 0 Å². The number of rotatable bonds is 7. The van der Waals surface area contributed by atoms with E-state index in [1.807, 2.05) is 31.2 Å². The minimum atomic E-state index is -0.334. The maximum absolute atomic E-state index is 12.5. The number of aryl methyl sites for hydroxylation is 2. The molecule has 8 heteroatoms. The van der Waals surface area contributed by atoms with Crippen molar-refractivity contribution in [3.8, 4) is 0 Å². The standard InChI is InChI=1S/C20H21ClN4O3/c1-13-5-7-15(8-6-13)12-25-18(21)17(14(2)24-25)20(27)23-10-9-22-19(26)16-4-3-11-28-16/h3-8,11H,9-10,12H2,1-2H3,(H,22,26)(H,23,27). The molecule has 0 saturated carbocycles. The van der Waals surface area contributed by atoms with Crippen molar-refractivity contribution in [2.75, 3.05) is 13.1 Å². The summed E-state index contributed by atoms with van der Waals surface area (Å²) in [5.74, 6) is -0.438. The third kappa shape index (κ3) is 4.61. The lowest BCUT2D eigenvalue weighted by molar-refractivity contribution is 0.0910. The predicted molar refractivity (Wildman–Crippen MR) is 106 cm³/mol. The fraction of sp³-hybridized carbons (Fsp3) is 0.250. The molecule has 7 nitrogen and oxygen atoms in total. The molecule has 3 aromatic rings. The molecule has 2 aromatic heterocycles. The van der Waals surface area contributed by atoms with Gasteiger partial charge in [0.25, 0.3) is 11.8 Å². The number of furan rings is 1. The molecule has 2 amide bonds. The van der Waals surface area contributed by atoms with Crippen LogP contribution < -0.4 is 10.6 Å². The van der Waals surface area contributed by atoms with Crippen molar-refractivity contribution < 1.29 is 14.0 Å². The minimum absolute atomic E-state index is 0.225. The fourth-order valence-corrected chi connectivity index (χ4v) is 3.04. The van der Waals surface area contributed by atoms with Crippen LogP contribution in [0.3, 0.4) is 0 Å². The van der Waals surface area contributed by atoms with Crippen LogP contribution in [0.2, 0.25) is 5.15 Å². The van der Waals surface area contributed by atoms with Crippen molar-refractivity contribution in [3.63, 3.8) is 0 Å². The first kappa shape index (κ1) is 19.7. The van der Waals surface area contributed by atoms with Gasteiger partial charge in [-0.3, -0.25) is 9.59 Å². The van der Waals surface area contributed by atoms with Crippen LogP contribution in [-0.2, 0) is 6.54 Å². The van der Waals surface area contributed by atoms with E-state index in [1.165, 1.54) is 11.8 Å². The molecule has 3 rings (SSSR count). The summed E-state index contributed by atoms with van der Waals surface area (Å²) >= 11 is 6.39. The van der Waals surface area contributed by atoms with Crippen LogP contribution >= 0.6 is 11.6 Å². The largest absolute Gasteiger partial charge is 0.459 e. The Morgan fingerprint density at radius 2 is 1.75 bits per heavy atom. The van der Waals surface area contributed by atoms with Crippen LogP contribution in [0.5, 0.6) is 0 Å². The van der Waals surface area contributed by atoms with Crippen molar-refractivity contribution in [2.24, 2.45) is 0 Å². The van der Waals surface area contributed by atoms with Gasteiger partial charge in [0.1, 0.15) is 5.15 Å². The van der Waals surface area contributed by atoms with Crippen LogP contribution in [-0.4, -0.2) is 34.7 Å². The highest BCUT2D eigenvalue weighted by Crippen LogP contribution is 2.21. The lowest BCUT2D eigenvalue weighted by Gasteiger charge is -2.07. The smallest absolute Gasteiger partial charge is 0.287 e. The Kier molecular flexibility index (Phi) is 6.16. The predicted octanol–water partition coefficient (Wildman–Crippen LogP) is 2.95. The van der Waals surface area contributed by atoms with Gasteiger partial charge in [-0.25, -0.2) is 4.68 Å². The van der Waals surface area contributed by atoms with E-state index in [0.29, 0.717) is 17.8 Å². The Morgan fingerprint density at radius 3 is 2.39 bits per heavy atom. The Morgan fingerprint density at radius 1 is 1.07 bits per heavy atom. The summed E-state index contributed by atoms with van der Waals surface area (Å²) in [5, 5.41) is 10.1. The molecule has 2 N–H and O–H groups in total. The molecular weight excluding hydrogens is 380 g/mol. The van der Waals surface area contributed by atoms with Crippen LogP contribution in [0, 0.1) is 13.8 Å². The minimum Gasteiger partial charge on any atom is -0.459 e. The van der Waals surface area contributed by atoms with E-state index in [0.717, 1.165) is 5.56 Å². The topological polar surface area (TPSA) is 89.2 Å². The van der Waals surface area contributed by atoms with Gasteiger partial charge in [0, 0.05) is 13.1 Å². The molecular formula is C20H21ClN4O3. The molecule has 146 valence electrons. The summed E-state index contributed by atoms with van der Waals surface area (Å²) in [6, 6.07) is 11.2. The molecule has 0 aliphatic rings. The molecule has 0 bridgehead atoms. The second-order valence-electron chi connectivity index (χ2n) is 6.38. The molecule has 28 heavy (non-hydrogen) atoms. The second-order valence-corrected chi connectivity index (χ2v) is 6.74. The summed E-state index contributed by atoms with van der Waals surface area (Å²) in [6.07, 6.45) is 1.43. The average molecular weight is 401 g/mol. The molecule has 0 aliphatic carbocycles. The van der Waals surface area contributed by atoms with Gasteiger partial charge in [-0.05, 0) is 31.5 Å². The quantitative estimate of drug-likeness (QED) is 0.597. The monoisotopic (exact) mass is 400 g/mol. The van der Waals surface area contributed by atoms with Crippen molar-refractivity contribution in [1.29, 1.82) is 0 Å². The number of carbonyl (C=O) groups excluding carboxylic acids is 2. The van der Waals surface area contributed by atoms with E-state index in [-0.39, 0.29) is 35.8 Å². The van der Waals surface area contributed by atoms with Gasteiger partial charge >= 0.3 is 0 Å². The SMILES string of the molecule is Cc1ccc(Cn2nc(C)c(C(=O)NCCNC(=O)c3ccco3)c2Cl)cc1. The summed E-state index contributed by atoms with van der Waals surface area (Å²) in [7, 11) is 0. The number of aromatic nitrogens is 2. The van der Waals surface area contributed by atoms with Crippen LogP contribution in [0.4, 0.5) is 0 Å². The number of nitrogens with one attached hydrogen (secondary N) is 2. The number of hydrogen-bond donors (Lipinski definition) is 2. The number of halogens is 1. The van der Waals surface area contributed by atoms with Gasteiger partial charge < -0.3 is 15.1 Å². The third-order valence-electron chi connectivity index (χ3n) is 4.19. The average Bonchev–Trinajstić information content (AvgIpc) is 3.29. The van der Waals surface area contributed by atoms with Crippen molar-refractivity contribution in [3.05, 3.63) is 76.0 Å². The zero-order valence-electron chi connectivity index (χ0n) is 15.7. The maximum atomic E-state index is 12.5. The number of amides is 2. The van der Waals surface area contributed by atoms with E-state index >= 15 is 0 Å². The molecule has 0 spiro atoms. The van der Waals surface area contributed by atoms with Crippen molar-refractivity contribution >= 4 is 23.4 Å². The highest BCUT2D eigenvalue weighted by molar-refractivity contribution is 6.33. The van der Waals surface area contributed by atoms with Gasteiger partial charge in [0.15, 0.2) is 5.76 Å². The Bertz CT molecular complexity index is 962.